The summed E-state index contributed by atoms with van der Waals surface area (Å²) >= 11 is 0. The molecule has 0 atom stereocenters. The molecule has 5 rings (SSSR count). The monoisotopic (exact) mass is 496 g/mol. The van der Waals surface area contributed by atoms with Crippen LogP contribution in [0.4, 0.5) is 21.6 Å². The fraction of sp³-hybridized carbons (Fsp3) is 0.458. The van der Waals surface area contributed by atoms with Crippen LogP contribution in [-0.2, 0) is 9.53 Å². The van der Waals surface area contributed by atoms with E-state index in [9.17, 15) is 14.0 Å². The molecule has 12 heteroatoms. The number of esters is 1. The summed E-state index contributed by atoms with van der Waals surface area (Å²) in [5, 5.41) is 17.4. The van der Waals surface area contributed by atoms with E-state index in [-0.39, 0.29) is 36.0 Å². The highest BCUT2D eigenvalue weighted by molar-refractivity contribution is 6.03. The first-order valence-electron chi connectivity index (χ1n) is 12.1. The molecule has 190 valence electrons. The number of imidazole rings is 1. The Kier molecular flexibility index (Phi) is 6.94. The zero-order valence-electron chi connectivity index (χ0n) is 20.0. The largest absolute Gasteiger partial charge is 0.468 e. The van der Waals surface area contributed by atoms with Gasteiger partial charge in [-0.15, -0.1) is 5.10 Å². The van der Waals surface area contributed by atoms with Crippen LogP contribution in [0.2, 0.25) is 0 Å². The number of nitrogens with one attached hydrogen (secondary N) is 4. The van der Waals surface area contributed by atoms with Crippen molar-refractivity contribution >= 4 is 34.7 Å². The third kappa shape index (κ3) is 5.54. The van der Waals surface area contributed by atoms with Gasteiger partial charge in [0.15, 0.2) is 17.2 Å². The molecule has 0 radical (unpaired) electrons. The zero-order valence-corrected chi connectivity index (χ0v) is 20.0. The van der Waals surface area contributed by atoms with Crippen molar-refractivity contribution in [2.45, 2.75) is 56.7 Å². The molecule has 0 saturated heterocycles. The second kappa shape index (κ2) is 10.4. The zero-order chi connectivity index (χ0) is 25.1. The highest BCUT2D eigenvalue weighted by Crippen LogP contribution is 2.30. The van der Waals surface area contributed by atoms with Crippen LogP contribution in [0.5, 0.6) is 0 Å². The van der Waals surface area contributed by atoms with Crippen LogP contribution in [0.25, 0.3) is 5.65 Å². The van der Waals surface area contributed by atoms with Crippen LogP contribution < -0.4 is 21.3 Å². The summed E-state index contributed by atoms with van der Waals surface area (Å²) in [6.07, 6.45) is 9.69. The number of nitrogens with zero attached hydrogens (tertiary/aromatic N) is 4. The molecular formula is C24H29FN8O3. The molecule has 0 aliphatic heterocycles. The first-order valence-corrected chi connectivity index (χ1v) is 12.1. The van der Waals surface area contributed by atoms with E-state index >= 15 is 0 Å². The summed E-state index contributed by atoms with van der Waals surface area (Å²) in [4.78, 5) is 32.5. The molecule has 3 aromatic rings. The maximum absolute atomic E-state index is 14.0. The van der Waals surface area contributed by atoms with Gasteiger partial charge < -0.3 is 26.0 Å². The molecule has 3 heterocycles. The third-order valence-electron chi connectivity index (χ3n) is 6.50. The lowest BCUT2D eigenvalue weighted by molar-refractivity contribution is -0.139. The molecule has 1 amide bonds. The van der Waals surface area contributed by atoms with Crippen LogP contribution >= 0.6 is 0 Å². The van der Waals surface area contributed by atoms with Crippen LogP contribution in [-0.4, -0.2) is 63.2 Å². The number of fused-ring (bicyclic) bond motifs is 1. The van der Waals surface area contributed by atoms with Crippen LogP contribution in [0.1, 0.15) is 49.0 Å². The summed E-state index contributed by atoms with van der Waals surface area (Å²) in [5.41, 5.74) is 1.55. The van der Waals surface area contributed by atoms with Crippen molar-refractivity contribution < 1.29 is 18.7 Å². The van der Waals surface area contributed by atoms with E-state index in [0.29, 0.717) is 17.5 Å². The van der Waals surface area contributed by atoms with Gasteiger partial charge >= 0.3 is 5.97 Å². The molecule has 11 nitrogen and oxygen atoms in total. The molecule has 0 aromatic carbocycles. The van der Waals surface area contributed by atoms with Crippen LogP contribution in [0.15, 0.2) is 30.7 Å². The first kappa shape index (κ1) is 23.9. The van der Waals surface area contributed by atoms with Crippen molar-refractivity contribution in [1.82, 2.24) is 24.9 Å². The number of halogens is 1. The second-order valence-electron chi connectivity index (χ2n) is 9.20. The number of rotatable bonds is 9. The Morgan fingerprint density at radius 2 is 1.78 bits per heavy atom. The smallest absolute Gasteiger partial charge is 0.319 e. The van der Waals surface area contributed by atoms with Crippen molar-refractivity contribution in [2.24, 2.45) is 0 Å². The van der Waals surface area contributed by atoms with Crippen LogP contribution in [0, 0.1) is 5.82 Å². The molecule has 2 aliphatic rings. The number of carbonyl (C=O) groups excluding carboxylic acids is 2. The number of anilines is 3. The maximum atomic E-state index is 14.0. The summed E-state index contributed by atoms with van der Waals surface area (Å²) in [7, 11) is 1.38. The minimum Gasteiger partial charge on any atom is -0.468 e. The molecule has 0 unspecified atom stereocenters. The summed E-state index contributed by atoms with van der Waals surface area (Å²) < 4.78 is 20.2. The Hall–Kier alpha value is -3.80. The molecule has 0 spiro atoms. The number of aromatic nitrogens is 4. The quantitative estimate of drug-likeness (QED) is 0.330. The number of hydrogen-bond donors (Lipinski definition) is 4. The average Bonchev–Trinajstić information content (AvgIpc) is 3.59. The highest BCUT2D eigenvalue weighted by Gasteiger charge is 2.26. The van der Waals surface area contributed by atoms with E-state index in [1.807, 2.05) is 6.07 Å². The van der Waals surface area contributed by atoms with Crippen molar-refractivity contribution in [3.05, 3.63) is 42.2 Å². The predicted octanol–water partition coefficient (Wildman–Crippen LogP) is 2.58. The Labute approximate surface area is 207 Å². The second-order valence-corrected chi connectivity index (χ2v) is 9.20. The fourth-order valence-corrected chi connectivity index (χ4v) is 4.36. The highest BCUT2D eigenvalue weighted by atomic mass is 19.1. The Bertz CT molecular complexity index is 1250. The average molecular weight is 497 g/mol. The summed E-state index contributed by atoms with van der Waals surface area (Å²) in [6, 6.07) is 4.16. The van der Waals surface area contributed by atoms with E-state index in [2.05, 4.69) is 36.3 Å². The molecule has 2 fully saturated rings. The standard InChI is InChI=1S/C24H29FN8O3/c1-36-22(34)13-27-14-2-4-16(5-3-14)30-21-10-19(29-15-6-7-15)23-28-12-20(33(23)32-21)24(35)31-18-8-9-26-11-17(18)25/h8-12,14-16,27,29H,2-7,13H2,1H3,(H,30,32)(H,26,31,35). The summed E-state index contributed by atoms with van der Waals surface area (Å²) in [5.74, 6) is -0.788. The molecule has 36 heavy (non-hydrogen) atoms. The van der Waals surface area contributed by atoms with Gasteiger partial charge in [-0.1, -0.05) is 0 Å². The minimum atomic E-state index is -0.622. The van der Waals surface area contributed by atoms with Gasteiger partial charge in [-0.25, -0.2) is 13.9 Å². The van der Waals surface area contributed by atoms with Gasteiger partial charge in [-0.2, -0.15) is 0 Å². The SMILES string of the molecule is COC(=O)CNC1CCC(Nc2cc(NC3CC3)c3ncc(C(=O)Nc4ccncc4F)n3n2)CC1. The normalized spacial score (nSPS) is 19.6. The van der Waals surface area contributed by atoms with E-state index in [4.69, 9.17) is 4.74 Å². The van der Waals surface area contributed by atoms with E-state index in [1.165, 1.54) is 30.1 Å². The number of carbonyl (C=O) groups is 2. The van der Waals surface area contributed by atoms with E-state index in [0.717, 1.165) is 50.4 Å². The maximum Gasteiger partial charge on any atom is 0.319 e. The lowest BCUT2D eigenvalue weighted by atomic mass is 9.91. The first-order chi connectivity index (χ1) is 17.5. The molecular weight excluding hydrogens is 467 g/mol. The number of pyridine rings is 1. The lowest BCUT2D eigenvalue weighted by Crippen LogP contribution is -2.39. The topological polar surface area (TPSA) is 135 Å². The van der Waals surface area contributed by atoms with Gasteiger partial charge in [0.1, 0.15) is 5.82 Å². The number of methoxy groups -OCH3 is 1. The number of ether oxygens (including phenoxy) is 1. The van der Waals surface area contributed by atoms with E-state index < -0.39 is 11.7 Å². The van der Waals surface area contributed by atoms with Crippen molar-refractivity contribution in [1.29, 1.82) is 0 Å². The molecule has 4 N–H and O–H groups in total. The van der Waals surface area contributed by atoms with Crippen molar-refractivity contribution in [3.8, 4) is 0 Å². The summed E-state index contributed by atoms with van der Waals surface area (Å²) in [6.45, 7) is 0.211. The Morgan fingerprint density at radius 1 is 1.06 bits per heavy atom. The molecule has 2 aliphatic carbocycles. The van der Waals surface area contributed by atoms with E-state index in [1.54, 1.807) is 0 Å². The lowest BCUT2D eigenvalue weighted by Gasteiger charge is -2.30. The third-order valence-corrected chi connectivity index (χ3v) is 6.50. The van der Waals surface area contributed by atoms with Crippen LogP contribution in [0.3, 0.4) is 0 Å². The molecule has 3 aromatic heterocycles. The van der Waals surface area contributed by atoms with Gasteiger partial charge in [0.05, 0.1) is 37.4 Å². The Morgan fingerprint density at radius 3 is 2.50 bits per heavy atom. The number of amides is 1. The van der Waals surface area contributed by atoms with Gasteiger partial charge in [-0.05, 0) is 44.6 Å². The Balaban J connectivity index is 1.32. The molecule has 0 bridgehead atoms. The van der Waals surface area contributed by atoms with Gasteiger partial charge in [0.2, 0.25) is 0 Å². The minimum absolute atomic E-state index is 0.0353. The molecule has 2 saturated carbocycles. The van der Waals surface area contributed by atoms with Crippen molar-refractivity contribution in [3.63, 3.8) is 0 Å². The fourth-order valence-electron chi connectivity index (χ4n) is 4.36. The van der Waals surface area contributed by atoms with Gasteiger partial charge in [0, 0.05) is 30.4 Å². The number of hydrogen-bond acceptors (Lipinski definition) is 9. The predicted molar refractivity (Wildman–Crippen MR) is 131 cm³/mol. The van der Waals surface area contributed by atoms with Gasteiger partial charge in [-0.3, -0.25) is 14.6 Å². The van der Waals surface area contributed by atoms with Crippen molar-refractivity contribution in [2.75, 3.05) is 29.6 Å². The van der Waals surface area contributed by atoms with Gasteiger partial charge in [0.25, 0.3) is 5.91 Å².